The Morgan fingerprint density at radius 1 is 1.24 bits per heavy atom. The number of carbonyl (C=O) groups excluding carboxylic acids is 1. The molecule has 0 atom stereocenters. The van der Waals surface area contributed by atoms with Crippen LogP contribution in [0, 0.1) is 0 Å². The number of pyridine rings is 2. The van der Waals surface area contributed by atoms with E-state index in [4.69, 9.17) is 4.74 Å². The standard InChI is InChI=1S/C19H22N4O2/c1-19(2)15-5-4-8-20-17(15)23(18(19)24)13-9-12(10-13)22-16-7-6-14(25-3)11-21-16/h4-8,11-13H,9-10H2,1-3H3,(H,21,22)/t12-,13-. The third-order valence-corrected chi connectivity index (χ3v) is 5.24. The van der Waals surface area contributed by atoms with Crippen LogP contribution in [0.15, 0.2) is 36.7 Å². The number of fused-ring (bicyclic) bond motifs is 1. The van der Waals surface area contributed by atoms with Crippen molar-refractivity contribution in [3.63, 3.8) is 0 Å². The maximum atomic E-state index is 12.9. The normalized spacial score (nSPS) is 23.8. The molecule has 1 N–H and O–H groups in total. The Morgan fingerprint density at radius 3 is 2.72 bits per heavy atom. The molecule has 4 rings (SSSR count). The summed E-state index contributed by atoms with van der Waals surface area (Å²) in [6, 6.07) is 8.22. The number of carbonyl (C=O) groups is 1. The van der Waals surface area contributed by atoms with E-state index < -0.39 is 5.41 Å². The summed E-state index contributed by atoms with van der Waals surface area (Å²) >= 11 is 0. The van der Waals surface area contributed by atoms with E-state index in [2.05, 4.69) is 15.3 Å². The van der Waals surface area contributed by atoms with Crippen LogP contribution in [0.1, 0.15) is 32.3 Å². The van der Waals surface area contributed by atoms with Crippen LogP contribution in [0.3, 0.4) is 0 Å². The van der Waals surface area contributed by atoms with Crippen molar-refractivity contribution in [2.24, 2.45) is 0 Å². The van der Waals surface area contributed by atoms with Crippen molar-refractivity contribution in [2.75, 3.05) is 17.3 Å². The Bertz CT molecular complexity index is 797. The highest BCUT2D eigenvalue weighted by Crippen LogP contribution is 2.44. The third-order valence-electron chi connectivity index (χ3n) is 5.24. The number of methoxy groups -OCH3 is 1. The molecule has 0 unspecified atom stereocenters. The molecule has 1 saturated carbocycles. The van der Waals surface area contributed by atoms with Gasteiger partial charge in [0.15, 0.2) is 0 Å². The summed E-state index contributed by atoms with van der Waals surface area (Å²) in [6.45, 7) is 3.96. The monoisotopic (exact) mass is 338 g/mol. The maximum absolute atomic E-state index is 12.9. The molecule has 2 aromatic rings. The van der Waals surface area contributed by atoms with Gasteiger partial charge in [-0.25, -0.2) is 9.97 Å². The molecule has 0 spiro atoms. The number of anilines is 2. The number of nitrogens with one attached hydrogen (secondary N) is 1. The van der Waals surface area contributed by atoms with Gasteiger partial charge in [0.05, 0.1) is 18.7 Å². The number of aromatic nitrogens is 2. The van der Waals surface area contributed by atoms with Gasteiger partial charge in [0.25, 0.3) is 0 Å². The van der Waals surface area contributed by atoms with E-state index >= 15 is 0 Å². The van der Waals surface area contributed by atoms with E-state index in [0.717, 1.165) is 35.8 Å². The molecule has 3 heterocycles. The number of ether oxygens (including phenoxy) is 1. The van der Waals surface area contributed by atoms with Gasteiger partial charge in [0, 0.05) is 23.8 Å². The van der Waals surface area contributed by atoms with E-state index in [0.29, 0.717) is 6.04 Å². The largest absolute Gasteiger partial charge is 0.495 e. The van der Waals surface area contributed by atoms with Crippen molar-refractivity contribution in [1.82, 2.24) is 9.97 Å². The minimum absolute atomic E-state index is 0.146. The highest BCUT2D eigenvalue weighted by molar-refractivity contribution is 6.07. The lowest BCUT2D eigenvalue weighted by atomic mass is 9.84. The number of nitrogens with zero attached hydrogens (tertiary/aromatic N) is 3. The summed E-state index contributed by atoms with van der Waals surface area (Å²) in [6.07, 6.45) is 5.25. The van der Waals surface area contributed by atoms with Crippen LogP contribution in [0.25, 0.3) is 0 Å². The van der Waals surface area contributed by atoms with Crippen LogP contribution in [-0.4, -0.2) is 35.1 Å². The first-order chi connectivity index (χ1) is 12.0. The third kappa shape index (κ3) is 2.52. The lowest BCUT2D eigenvalue weighted by Gasteiger charge is -2.41. The smallest absolute Gasteiger partial charge is 0.238 e. The lowest BCUT2D eigenvalue weighted by Crippen LogP contribution is -2.53. The minimum atomic E-state index is -0.500. The van der Waals surface area contributed by atoms with Gasteiger partial charge in [0.2, 0.25) is 5.91 Å². The zero-order chi connectivity index (χ0) is 17.6. The summed E-state index contributed by atoms with van der Waals surface area (Å²) in [5, 5.41) is 3.42. The van der Waals surface area contributed by atoms with Crippen molar-refractivity contribution in [3.05, 3.63) is 42.2 Å². The van der Waals surface area contributed by atoms with Crippen molar-refractivity contribution >= 4 is 17.5 Å². The van der Waals surface area contributed by atoms with Gasteiger partial charge in [-0.2, -0.15) is 0 Å². The molecule has 0 radical (unpaired) electrons. The lowest BCUT2D eigenvalue weighted by molar-refractivity contribution is -0.122. The fourth-order valence-corrected chi connectivity index (χ4v) is 3.64. The number of hydrogen-bond donors (Lipinski definition) is 1. The molecule has 1 amide bonds. The molecule has 0 bridgehead atoms. The van der Waals surface area contributed by atoms with Gasteiger partial charge in [-0.05, 0) is 44.9 Å². The summed E-state index contributed by atoms with van der Waals surface area (Å²) in [7, 11) is 1.63. The Morgan fingerprint density at radius 2 is 2.04 bits per heavy atom. The van der Waals surface area contributed by atoms with Crippen molar-refractivity contribution in [1.29, 1.82) is 0 Å². The molecule has 1 aliphatic heterocycles. The molecule has 1 aliphatic carbocycles. The van der Waals surface area contributed by atoms with E-state index in [9.17, 15) is 4.79 Å². The average molecular weight is 338 g/mol. The van der Waals surface area contributed by atoms with Crippen LogP contribution in [-0.2, 0) is 10.2 Å². The summed E-state index contributed by atoms with van der Waals surface area (Å²) in [4.78, 5) is 23.6. The van der Waals surface area contributed by atoms with Crippen LogP contribution in [0.5, 0.6) is 5.75 Å². The Balaban J connectivity index is 1.44. The number of amides is 1. The van der Waals surface area contributed by atoms with Crippen molar-refractivity contribution in [3.8, 4) is 5.75 Å². The molecule has 0 saturated heterocycles. The van der Waals surface area contributed by atoms with Gasteiger partial charge < -0.3 is 10.1 Å². The maximum Gasteiger partial charge on any atom is 0.238 e. The second kappa shape index (κ2) is 5.72. The van der Waals surface area contributed by atoms with E-state index in [1.54, 1.807) is 19.5 Å². The topological polar surface area (TPSA) is 67.3 Å². The minimum Gasteiger partial charge on any atom is -0.495 e. The first-order valence-electron chi connectivity index (χ1n) is 8.56. The molecule has 6 nitrogen and oxygen atoms in total. The van der Waals surface area contributed by atoms with E-state index in [1.807, 2.05) is 43.0 Å². The van der Waals surface area contributed by atoms with E-state index in [1.165, 1.54) is 0 Å². The summed E-state index contributed by atoms with van der Waals surface area (Å²) in [5.74, 6) is 2.54. The molecular formula is C19H22N4O2. The molecule has 1 fully saturated rings. The number of hydrogen-bond acceptors (Lipinski definition) is 5. The Labute approximate surface area is 147 Å². The van der Waals surface area contributed by atoms with Crippen LogP contribution in [0.2, 0.25) is 0 Å². The molecule has 6 heteroatoms. The number of rotatable bonds is 4. The highest BCUT2D eigenvalue weighted by atomic mass is 16.5. The fraction of sp³-hybridized carbons (Fsp3) is 0.421. The van der Waals surface area contributed by atoms with Crippen LogP contribution in [0.4, 0.5) is 11.6 Å². The van der Waals surface area contributed by atoms with E-state index in [-0.39, 0.29) is 11.9 Å². The molecule has 2 aliphatic rings. The van der Waals surface area contributed by atoms with Gasteiger partial charge in [-0.3, -0.25) is 9.69 Å². The predicted octanol–water partition coefficient (Wildman–Crippen LogP) is 2.75. The van der Waals surface area contributed by atoms with Crippen molar-refractivity contribution < 1.29 is 9.53 Å². The average Bonchev–Trinajstić information content (AvgIpc) is 2.79. The summed E-state index contributed by atoms with van der Waals surface area (Å²) < 4.78 is 5.12. The second-order valence-electron chi connectivity index (χ2n) is 7.22. The summed E-state index contributed by atoms with van der Waals surface area (Å²) in [5.41, 5.74) is 0.521. The quantitative estimate of drug-likeness (QED) is 0.928. The van der Waals surface area contributed by atoms with Gasteiger partial charge in [-0.1, -0.05) is 6.07 Å². The molecule has 25 heavy (non-hydrogen) atoms. The highest BCUT2D eigenvalue weighted by Gasteiger charge is 2.50. The molecule has 0 aromatic carbocycles. The Hall–Kier alpha value is -2.63. The molecule has 130 valence electrons. The van der Waals surface area contributed by atoms with Gasteiger partial charge in [0.1, 0.15) is 17.4 Å². The zero-order valence-corrected chi connectivity index (χ0v) is 14.7. The SMILES string of the molecule is COc1ccc(N[C@H]2C[C@H](N3C(=O)C(C)(C)c4cccnc43)C2)nc1. The van der Waals surface area contributed by atoms with Crippen LogP contribution >= 0.6 is 0 Å². The Kier molecular flexibility index (Phi) is 3.63. The first-order valence-corrected chi connectivity index (χ1v) is 8.56. The molecule has 2 aromatic heterocycles. The second-order valence-corrected chi connectivity index (χ2v) is 7.22. The zero-order valence-electron chi connectivity index (χ0n) is 14.7. The van der Waals surface area contributed by atoms with Crippen molar-refractivity contribution in [2.45, 2.75) is 44.2 Å². The molecular weight excluding hydrogens is 316 g/mol. The van der Waals surface area contributed by atoms with Crippen LogP contribution < -0.4 is 15.0 Å². The fourth-order valence-electron chi connectivity index (χ4n) is 3.64. The van der Waals surface area contributed by atoms with Gasteiger partial charge in [-0.15, -0.1) is 0 Å². The predicted molar refractivity (Wildman–Crippen MR) is 96.0 cm³/mol. The van der Waals surface area contributed by atoms with Gasteiger partial charge >= 0.3 is 0 Å². The first kappa shape index (κ1) is 15.9.